The van der Waals surface area contributed by atoms with E-state index < -0.39 is 5.60 Å². The molecular weight excluding hydrogens is 230 g/mol. The minimum atomic E-state index is -0.489. The van der Waals surface area contributed by atoms with Crippen molar-refractivity contribution >= 4 is 11.8 Å². The van der Waals surface area contributed by atoms with Gasteiger partial charge in [-0.3, -0.25) is 14.5 Å². The number of imide groups is 1. The quantitative estimate of drug-likeness (QED) is 0.598. The second-order valence-corrected chi connectivity index (χ2v) is 4.88. The molecule has 4 heteroatoms. The summed E-state index contributed by atoms with van der Waals surface area (Å²) in [4.78, 5) is 24.9. The zero-order chi connectivity index (χ0) is 12.8. The lowest BCUT2D eigenvalue weighted by Crippen LogP contribution is -2.45. The number of hydrogen-bond donors (Lipinski definition) is 0. The number of ether oxygens (including phenoxy) is 1. The van der Waals surface area contributed by atoms with Crippen molar-refractivity contribution in [2.24, 2.45) is 0 Å². The van der Waals surface area contributed by atoms with Crippen LogP contribution in [0.3, 0.4) is 0 Å². The van der Waals surface area contributed by atoms with E-state index in [1.807, 2.05) is 37.3 Å². The summed E-state index contributed by atoms with van der Waals surface area (Å²) in [6.45, 7) is 2.45. The predicted molar refractivity (Wildman–Crippen MR) is 64.6 cm³/mol. The van der Waals surface area contributed by atoms with Gasteiger partial charge in [-0.25, -0.2) is 0 Å². The highest BCUT2D eigenvalue weighted by molar-refractivity contribution is 6.02. The van der Waals surface area contributed by atoms with Crippen molar-refractivity contribution in [3.8, 4) is 0 Å². The Labute approximate surface area is 106 Å². The molecule has 0 saturated carbocycles. The van der Waals surface area contributed by atoms with E-state index in [9.17, 15) is 9.59 Å². The Morgan fingerprint density at radius 2 is 1.72 bits per heavy atom. The molecule has 2 saturated heterocycles. The van der Waals surface area contributed by atoms with Gasteiger partial charge in [-0.1, -0.05) is 30.3 Å². The van der Waals surface area contributed by atoms with E-state index >= 15 is 0 Å². The molecule has 2 heterocycles. The number of hydrogen-bond acceptors (Lipinski definition) is 3. The van der Waals surface area contributed by atoms with Gasteiger partial charge in [0.15, 0.2) is 0 Å². The van der Waals surface area contributed by atoms with Crippen molar-refractivity contribution in [2.75, 3.05) is 6.61 Å². The highest BCUT2D eigenvalue weighted by Gasteiger charge is 2.56. The SMILES string of the molecule is CC(N1C(=O)CCC1=O)C1(c2ccccc2)CO1. The third-order valence-corrected chi connectivity index (χ3v) is 3.87. The molecule has 1 aromatic carbocycles. The summed E-state index contributed by atoms with van der Waals surface area (Å²) in [5.41, 5.74) is 0.543. The van der Waals surface area contributed by atoms with Crippen LogP contribution < -0.4 is 0 Å². The average Bonchev–Trinajstić information content (AvgIpc) is 3.13. The molecule has 2 aliphatic heterocycles. The van der Waals surface area contributed by atoms with Crippen LogP contribution in [0.1, 0.15) is 25.3 Å². The normalized spacial score (nSPS) is 28.6. The van der Waals surface area contributed by atoms with E-state index in [2.05, 4.69) is 0 Å². The van der Waals surface area contributed by atoms with Gasteiger partial charge in [0.1, 0.15) is 5.60 Å². The van der Waals surface area contributed by atoms with E-state index in [0.29, 0.717) is 19.4 Å². The Balaban J connectivity index is 1.91. The molecule has 2 aliphatic rings. The van der Waals surface area contributed by atoms with Crippen LogP contribution in [-0.4, -0.2) is 29.4 Å². The van der Waals surface area contributed by atoms with Gasteiger partial charge in [-0.15, -0.1) is 0 Å². The fourth-order valence-corrected chi connectivity index (χ4v) is 2.68. The lowest BCUT2D eigenvalue weighted by molar-refractivity contribution is -0.142. The number of carbonyl (C=O) groups is 2. The third kappa shape index (κ3) is 1.56. The maximum atomic E-state index is 11.8. The van der Waals surface area contributed by atoms with Crippen LogP contribution in [0.2, 0.25) is 0 Å². The fourth-order valence-electron chi connectivity index (χ4n) is 2.68. The summed E-state index contributed by atoms with van der Waals surface area (Å²) in [5.74, 6) is -0.170. The molecule has 2 unspecified atom stereocenters. The first-order chi connectivity index (χ1) is 8.65. The van der Waals surface area contributed by atoms with Crippen molar-refractivity contribution in [3.05, 3.63) is 35.9 Å². The van der Waals surface area contributed by atoms with Crippen molar-refractivity contribution in [2.45, 2.75) is 31.4 Å². The minimum absolute atomic E-state index is 0.0849. The summed E-state index contributed by atoms with van der Waals surface area (Å²) in [5, 5.41) is 0. The summed E-state index contributed by atoms with van der Waals surface area (Å²) < 4.78 is 5.61. The topological polar surface area (TPSA) is 49.9 Å². The zero-order valence-electron chi connectivity index (χ0n) is 10.3. The third-order valence-electron chi connectivity index (χ3n) is 3.87. The van der Waals surface area contributed by atoms with E-state index in [1.54, 1.807) is 0 Å². The number of rotatable bonds is 3. The van der Waals surface area contributed by atoms with Crippen LogP contribution in [0.25, 0.3) is 0 Å². The summed E-state index contributed by atoms with van der Waals surface area (Å²) >= 11 is 0. The van der Waals surface area contributed by atoms with Crippen molar-refractivity contribution in [1.29, 1.82) is 0 Å². The number of amides is 2. The summed E-state index contributed by atoms with van der Waals surface area (Å²) in [6, 6.07) is 9.56. The van der Waals surface area contributed by atoms with E-state index in [0.717, 1.165) is 5.56 Å². The number of likely N-dealkylation sites (tertiary alicyclic amines) is 1. The molecule has 2 amide bonds. The molecule has 3 rings (SSSR count). The van der Waals surface area contributed by atoms with Crippen LogP contribution in [0.4, 0.5) is 0 Å². The van der Waals surface area contributed by atoms with Gasteiger partial charge < -0.3 is 4.74 Å². The zero-order valence-corrected chi connectivity index (χ0v) is 10.3. The predicted octanol–water partition coefficient (Wildman–Crippen LogP) is 1.45. The van der Waals surface area contributed by atoms with Gasteiger partial charge in [0.25, 0.3) is 0 Å². The lowest BCUT2D eigenvalue weighted by Gasteiger charge is -2.28. The number of nitrogens with zero attached hydrogens (tertiary/aromatic N) is 1. The number of benzene rings is 1. The molecule has 1 aromatic rings. The van der Waals surface area contributed by atoms with Gasteiger partial charge in [0.05, 0.1) is 12.6 Å². The summed E-state index contributed by atoms with van der Waals surface area (Å²) in [7, 11) is 0. The average molecular weight is 245 g/mol. The minimum Gasteiger partial charge on any atom is -0.362 e. The molecular formula is C14H15NO3. The van der Waals surface area contributed by atoms with Gasteiger partial charge >= 0.3 is 0 Å². The smallest absolute Gasteiger partial charge is 0.230 e. The van der Waals surface area contributed by atoms with E-state index in [4.69, 9.17) is 4.74 Å². The van der Waals surface area contributed by atoms with Gasteiger partial charge in [-0.2, -0.15) is 0 Å². The molecule has 18 heavy (non-hydrogen) atoms. The van der Waals surface area contributed by atoms with Gasteiger partial charge in [-0.05, 0) is 12.5 Å². The molecule has 4 nitrogen and oxygen atoms in total. The van der Waals surface area contributed by atoms with Crippen LogP contribution in [0.5, 0.6) is 0 Å². The van der Waals surface area contributed by atoms with E-state index in [1.165, 1.54) is 4.90 Å². The summed E-state index contributed by atoms with van der Waals surface area (Å²) in [6.07, 6.45) is 0.655. The van der Waals surface area contributed by atoms with Gasteiger partial charge in [0, 0.05) is 12.8 Å². The van der Waals surface area contributed by atoms with Crippen LogP contribution >= 0.6 is 0 Å². The monoisotopic (exact) mass is 245 g/mol. The highest BCUT2D eigenvalue weighted by Crippen LogP contribution is 2.44. The molecule has 0 bridgehead atoms. The van der Waals surface area contributed by atoms with Crippen LogP contribution in [0.15, 0.2) is 30.3 Å². The van der Waals surface area contributed by atoms with Crippen molar-refractivity contribution in [3.63, 3.8) is 0 Å². The molecule has 2 fully saturated rings. The Morgan fingerprint density at radius 3 is 2.22 bits per heavy atom. The first kappa shape index (κ1) is 11.4. The molecule has 0 radical (unpaired) electrons. The number of carbonyl (C=O) groups excluding carboxylic acids is 2. The maximum Gasteiger partial charge on any atom is 0.230 e. The molecule has 0 N–H and O–H groups in total. The van der Waals surface area contributed by atoms with E-state index in [-0.39, 0.29) is 17.9 Å². The maximum absolute atomic E-state index is 11.8. The Bertz CT molecular complexity index is 477. The second-order valence-electron chi connectivity index (χ2n) is 4.88. The first-order valence-electron chi connectivity index (χ1n) is 6.19. The van der Waals surface area contributed by atoms with Crippen molar-refractivity contribution in [1.82, 2.24) is 4.90 Å². The number of epoxide rings is 1. The second kappa shape index (κ2) is 3.92. The largest absolute Gasteiger partial charge is 0.362 e. The van der Waals surface area contributed by atoms with Crippen LogP contribution in [0, 0.1) is 0 Å². The van der Waals surface area contributed by atoms with Crippen LogP contribution in [-0.2, 0) is 19.9 Å². The molecule has 0 aromatic heterocycles. The standard InChI is InChI=1S/C14H15NO3/c1-10(15-12(16)7-8-13(15)17)14(9-18-14)11-5-3-2-4-6-11/h2-6,10H,7-9H2,1H3. The fraction of sp³-hybridized carbons (Fsp3) is 0.429. The Morgan fingerprint density at radius 1 is 1.17 bits per heavy atom. The van der Waals surface area contributed by atoms with Crippen molar-refractivity contribution < 1.29 is 14.3 Å². The lowest BCUT2D eigenvalue weighted by atomic mass is 9.92. The molecule has 2 atom stereocenters. The van der Waals surface area contributed by atoms with Gasteiger partial charge in [0.2, 0.25) is 11.8 Å². The Hall–Kier alpha value is -1.68. The molecule has 0 aliphatic carbocycles. The molecule has 0 spiro atoms. The molecule has 94 valence electrons. The Kier molecular flexibility index (Phi) is 2.48. The first-order valence-corrected chi connectivity index (χ1v) is 6.19. The highest BCUT2D eigenvalue weighted by atomic mass is 16.6.